The first kappa shape index (κ1) is 13.2. The average molecular weight is 376 g/mol. The molecular formula is C11H8Br2N2O3. The summed E-state index contributed by atoms with van der Waals surface area (Å²) in [5.41, 5.74) is 1.11. The van der Waals surface area contributed by atoms with Crippen molar-refractivity contribution >= 4 is 48.9 Å². The number of nitrogens with zero attached hydrogens (tertiary/aromatic N) is 1. The Balaban J connectivity index is 2.50. The molecule has 0 amide bonds. The molecule has 0 saturated heterocycles. The largest absolute Gasteiger partial charge is 0.481 e. The molecule has 2 N–H and O–H groups in total. The molecule has 0 aliphatic rings. The van der Waals surface area contributed by atoms with Crippen molar-refractivity contribution in [3.05, 3.63) is 37.1 Å². The van der Waals surface area contributed by atoms with Crippen molar-refractivity contribution in [2.45, 2.75) is 12.8 Å². The minimum atomic E-state index is -0.951. The van der Waals surface area contributed by atoms with Crippen LogP contribution in [0.3, 0.4) is 0 Å². The summed E-state index contributed by atoms with van der Waals surface area (Å²) in [5.74, 6) is -0.951. The predicted molar refractivity (Wildman–Crippen MR) is 73.7 cm³/mol. The molecule has 0 saturated carbocycles. The molecule has 2 aromatic rings. The third-order valence-electron chi connectivity index (χ3n) is 2.38. The fourth-order valence-electron chi connectivity index (χ4n) is 1.51. The maximum atomic E-state index is 11.7. The molecule has 0 unspecified atom stereocenters. The topological polar surface area (TPSA) is 83.0 Å². The number of aliphatic carboxylic acids is 1. The van der Waals surface area contributed by atoms with Gasteiger partial charge in [0.15, 0.2) is 0 Å². The van der Waals surface area contributed by atoms with Crippen LogP contribution in [-0.2, 0) is 11.2 Å². The highest BCUT2D eigenvalue weighted by atomic mass is 79.9. The summed E-state index contributed by atoms with van der Waals surface area (Å²) >= 11 is 6.68. The number of nitrogens with one attached hydrogen (secondary N) is 1. The van der Waals surface area contributed by atoms with Crippen LogP contribution in [0.5, 0.6) is 0 Å². The number of aromatic amines is 1. The van der Waals surface area contributed by atoms with Gasteiger partial charge in [0.05, 0.1) is 17.5 Å². The Morgan fingerprint density at radius 1 is 1.33 bits per heavy atom. The summed E-state index contributed by atoms with van der Waals surface area (Å²) < 4.78 is 1.63. The van der Waals surface area contributed by atoms with Crippen molar-refractivity contribution in [2.75, 3.05) is 0 Å². The number of aryl methyl sites for hydroxylation is 1. The number of fused-ring (bicyclic) bond motifs is 1. The predicted octanol–water partition coefficient (Wildman–Crippen LogP) is 2.47. The third kappa shape index (κ3) is 2.78. The van der Waals surface area contributed by atoms with Gasteiger partial charge in [0.1, 0.15) is 5.69 Å². The fraction of sp³-hybridized carbons (Fsp3) is 0.182. The van der Waals surface area contributed by atoms with Crippen molar-refractivity contribution in [2.24, 2.45) is 0 Å². The van der Waals surface area contributed by atoms with E-state index in [1.165, 1.54) is 0 Å². The number of aromatic nitrogens is 2. The molecule has 18 heavy (non-hydrogen) atoms. The maximum absolute atomic E-state index is 11.7. The molecule has 0 aliphatic carbocycles. The number of carboxylic acids is 1. The van der Waals surface area contributed by atoms with Crippen molar-refractivity contribution in [1.82, 2.24) is 9.97 Å². The molecule has 2 rings (SSSR count). The van der Waals surface area contributed by atoms with E-state index in [1.807, 2.05) is 0 Å². The van der Waals surface area contributed by atoms with Gasteiger partial charge in [0.2, 0.25) is 0 Å². The first-order valence-electron chi connectivity index (χ1n) is 5.07. The van der Waals surface area contributed by atoms with Crippen molar-refractivity contribution in [1.29, 1.82) is 0 Å². The van der Waals surface area contributed by atoms with Gasteiger partial charge in [0.25, 0.3) is 5.56 Å². The molecule has 0 aliphatic heterocycles. The molecule has 0 bridgehead atoms. The van der Waals surface area contributed by atoms with Crippen LogP contribution in [0.25, 0.3) is 11.0 Å². The second-order valence-corrected chi connectivity index (χ2v) is 5.40. The van der Waals surface area contributed by atoms with Gasteiger partial charge in [-0.15, -0.1) is 0 Å². The van der Waals surface area contributed by atoms with Gasteiger partial charge in [-0.25, -0.2) is 4.98 Å². The number of rotatable bonds is 3. The summed E-state index contributed by atoms with van der Waals surface area (Å²) in [6, 6.07) is 3.51. The van der Waals surface area contributed by atoms with E-state index in [4.69, 9.17) is 5.11 Å². The molecule has 0 spiro atoms. The molecule has 1 heterocycles. The number of halogens is 2. The van der Waals surface area contributed by atoms with E-state index in [0.29, 0.717) is 11.0 Å². The Morgan fingerprint density at radius 2 is 2.00 bits per heavy atom. The first-order valence-corrected chi connectivity index (χ1v) is 6.65. The normalized spacial score (nSPS) is 10.8. The monoisotopic (exact) mass is 374 g/mol. The van der Waals surface area contributed by atoms with Crippen LogP contribution in [0.15, 0.2) is 25.9 Å². The lowest BCUT2D eigenvalue weighted by Crippen LogP contribution is -2.16. The van der Waals surface area contributed by atoms with Crippen molar-refractivity contribution in [3.63, 3.8) is 0 Å². The second kappa shape index (κ2) is 5.19. The Labute approximate surface area is 118 Å². The van der Waals surface area contributed by atoms with Crippen LogP contribution in [-0.4, -0.2) is 21.0 Å². The zero-order valence-corrected chi connectivity index (χ0v) is 12.2. The van der Waals surface area contributed by atoms with Gasteiger partial charge in [-0.05, 0) is 44.0 Å². The lowest BCUT2D eigenvalue weighted by atomic mass is 10.2. The highest BCUT2D eigenvalue weighted by Crippen LogP contribution is 2.26. The zero-order valence-electron chi connectivity index (χ0n) is 9.04. The van der Waals surface area contributed by atoms with E-state index in [2.05, 4.69) is 41.8 Å². The van der Waals surface area contributed by atoms with E-state index in [0.717, 1.165) is 8.95 Å². The number of hydrogen-bond acceptors (Lipinski definition) is 3. The molecule has 7 heteroatoms. The standard InChI is InChI=1S/C11H8Br2N2O3/c12-5-3-8-9(4-6(5)13)15-11(18)7(14-8)1-2-10(16)17/h3-4H,1-2H2,(H,15,18)(H,16,17). The van der Waals surface area contributed by atoms with E-state index in [9.17, 15) is 9.59 Å². The number of hydrogen-bond donors (Lipinski definition) is 2. The smallest absolute Gasteiger partial charge is 0.303 e. The zero-order chi connectivity index (χ0) is 13.3. The average Bonchev–Trinajstić information content (AvgIpc) is 2.29. The SMILES string of the molecule is O=C(O)CCc1nc2cc(Br)c(Br)cc2[nH]c1=O. The Bertz CT molecular complexity index is 682. The number of benzene rings is 1. The van der Waals surface area contributed by atoms with Gasteiger partial charge < -0.3 is 10.1 Å². The van der Waals surface area contributed by atoms with E-state index in [1.54, 1.807) is 12.1 Å². The minimum absolute atomic E-state index is 0.112. The molecule has 0 atom stereocenters. The Kier molecular flexibility index (Phi) is 3.82. The van der Waals surface area contributed by atoms with Crippen molar-refractivity contribution < 1.29 is 9.90 Å². The molecule has 5 nitrogen and oxygen atoms in total. The Hall–Kier alpha value is -1.21. The molecule has 0 fully saturated rings. The number of carboxylic acid groups (broad SMARTS) is 1. The second-order valence-electron chi connectivity index (χ2n) is 3.69. The number of H-pyrrole nitrogens is 1. The van der Waals surface area contributed by atoms with Crippen LogP contribution in [0.4, 0.5) is 0 Å². The van der Waals surface area contributed by atoms with Crippen molar-refractivity contribution in [3.8, 4) is 0 Å². The van der Waals surface area contributed by atoms with Gasteiger partial charge >= 0.3 is 5.97 Å². The number of carbonyl (C=O) groups is 1. The molecule has 0 radical (unpaired) electrons. The van der Waals surface area contributed by atoms with Crippen LogP contribution in [0.2, 0.25) is 0 Å². The summed E-state index contributed by atoms with van der Waals surface area (Å²) in [5, 5.41) is 8.61. The summed E-state index contributed by atoms with van der Waals surface area (Å²) in [7, 11) is 0. The Morgan fingerprint density at radius 3 is 2.67 bits per heavy atom. The fourth-order valence-corrected chi connectivity index (χ4v) is 2.19. The third-order valence-corrected chi connectivity index (χ3v) is 4.22. The molecule has 1 aromatic carbocycles. The molecular weight excluding hydrogens is 368 g/mol. The van der Waals surface area contributed by atoms with Crippen LogP contribution < -0.4 is 5.56 Å². The summed E-state index contributed by atoms with van der Waals surface area (Å²) in [4.78, 5) is 29.1. The van der Waals surface area contributed by atoms with Crippen LogP contribution in [0.1, 0.15) is 12.1 Å². The summed E-state index contributed by atoms with van der Waals surface area (Å²) in [6.45, 7) is 0. The highest BCUT2D eigenvalue weighted by molar-refractivity contribution is 9.13. The van der Waals surface area contributed by atoms with E-state index >= 15 is 0 Å². The van der Waals surface area contributed by atoms with Gasteiger partial charge in [-0.3, -0.25) is 9.59 Å². The van der Waals surface area contributed by atoms with Gasteiger partial charge in [-0.1, -0.05) is 0 Å². The quantitative estimate of drug-likeness (QED) is 0.863. The minimum Gasteiger partial charge on any atom is -0.481 e. The van der Waals surface area contributed by atoms with E-state index in [-0.39, 0.29) is 24.1 Å². The van der Waals surface area contributed by atoms with Gasteiger partial charge in [-0.2, -0.15) is 0 Å². The maximum Gasteiger partial charge on any atom is 0.303 e. The first-order chi connectivity index (χ1) is 8.47. The molecule has 94 valence electrons. The lowest BCUT2D eigenvalue weighted by molar-refractivity contribution is -0.136. The van der Waals surface area contributed by atoms with Gasteiger partial charge in [0, 0.05) is 15.4 Å². The van der Waals surface area contributed by atoms with E-state index < -0.39 is 5.97 Å². The molecule has 1 aromatic heterocycles. The van der Waals surface area contributed by atoms with Crippen LogP contribution in [0, 0.1) is 0 Å². The lowest BCUT2D eigenvalue weighted by Gasteiger charge is -2.03. The highest BCUT2D eigenvalue weighted by Gasteiger charge is 2.09. The summed E-state index contributed by atoms with van der Waals surface area (Å²) in [6.07, 6.45) is 0.00751. The van der Waals surface area contributed by atoms with Crippen LogP contribution >= 0.6 is 31.9 Å².